The van der Waals surface area contributed by atoms with Crippen LogP contribution in [0.4, 0.5) is 13.6 Å². The highest BCUT2D eigenvalue weighted by Crippen LogP contribution is 2.26. The highest BCUT2D eigenvalue weighted by molar-refractivity contribution is 6.36. The number of aliphatic imine (C=N–C) groups is 1. The summed E-state index contributed by atoms with van der Waals surface area (Å²) in [5, 5.41) is 0. The van der Waals surface area contributed by atoms with E-state index in [1.54, 1.807) is 0 Å². The van der Waals surface area contributed by atoms with E-state index in [-0.39, 0.29) is 5.56 Å². The van der Waals surface area contributed by atoms with Gasteiger partial charge in [-0.05, 0) is 17.7 Å². The third-order valence-corrected chi connectivity index (χ3v) is 2.67. The number of hydrogen-bond donors (Lipinski definition) is 0. The molecule has 0 aliphatic carbocycles. The predicted octanol–water partition coefficient (Wildman–Crippen LogP) is 1.21. The quantitative estimate of drug-likeness (QED) is 0.781. The first-order valence-corrected chi connectivity index (χ1v) is 5.39. The molecule has 8 heteroatoms. The highest BCUT2D eigenvalue weighted by atomic mass is 19.2. The van der Waals surface area contributed by atoms with E-state index in [0.29, 0.717) is 4.90 Å². The maximum Gasteiger partial charge on any atom is 0.351 e. The van der Waals surface area contributed by atoms with Gasteiger partial charge in [0.2, 0.25) is 0 Å². The fourth-order valence-corrected chi connectivity index (χ4v) is 1.75. The summed E-state index contributed by atoms with van der Waals surface area (Å²) in [5.74, 6) is -4.14. The van der Waals surface area contributed by atoms with E-state index in [0.717, 1.165) is 31.5 Å². The fraction of sp³-hybridized carbons (Fsp3) is 0.167. The molecular weight excluding hydrogens is 274 g/mol. The Balaban J connectivity index is 2.48. The Morgan fingerprint density at radius 2 is 2.00 bits per heavy atom. The second-order valence-electron chi connectivity index (χ2n) is 3.85. The van der Waals surface area contributed by atoms with Gasteiger partial charge in [0.1, 0.15) is 0 Å². The average Bonchev–Trinajstić information content (AvgIpc) is 2.74. The van der Waals surface area contributed by atoms with E-state index in [1.165, 1.54) is 0 Å². The van der Waals surface area contributed by atoms with Crippen LogP contribution in [0, 0.1) is 11.6 Å². The lowest BCUT2D eigenvalue weighted by Gasteiger charge is -2.23. The summed E-state index contributed by atoms with van der Waals surface area (Å²) < 4.78 is 30.6. The Labute approximate surface area is 111 Å². The number of imide groups is 1. The lowest BCUT2D eigenvalue weighted by Crippen LogP contribution is -2.39. The van der Waals surface area contributed by atoms with E-state index in [2.05, 4.69) is 9.73 Å². The van der Waals surface area contributed by atoms with Gasteiger partial charge in [-0.25, -0.2) is 23.3 Å². The molecule has 0 fully saturated rings. The van der Waals surface area contributed by atoms with Gasteiger partial charge >= 0.3 is 12.0 Å². The molecule has 0 bridgehead atoms. The molecule has 1 atom stereocenters. The van der Waals surface area contributed by atoms with Gasteiger partial charge in [0, 0.05) is 0 Å². The minimum atomic E-state index is -1.52. The predicted molar refractivity (Wildman–Crippen MR) is 61.8 cm³/mol. The second-order valence-corrected chi connectivity index (χ2v) is 3.85. The van der Waals surface area contributed by atoms with Crippen molar-refractivity contribution in [3.05, 3.63) is 35.4 Å². The largest absolute Gasteiger partial charge is 0.467 e. The molecule has 0 spiro atoms. The summed E-state index contributed by atoms with van der Waals surface area (Å²) >= 11 is 0. The van der Waals surface area contributed by atoms with Crippen LogP contribution in [0.1, 0.15) is 11.6 Å². The Morgan fingerprint density at radius 1 is 1.30 bits per heavy atom. The Hall–Kier alpha value is -2.64. The average molecular weight is 282 g/mol. The lowest BCUT2D eigenvalue weighted by atomic mass is 10.1. The number of ether oxygens (including phenoxy) is 1. The number of hydrogen-bond acceptors (Lipinski definition) is 4. The zero-order chi connectivity index (χ0) is 14.9. The molecule has 1 unspecified atom stereocenters. The minimum Gasteiger partial charge on any atom is -0.467 e. The number of carbonyl (C=O) groups is 3. The molecule has 1 aromatic rings. The van der Waals surface area contributed by atoms with Crippen molar-refractivity contribution in [2.75, 3.05) is 7.11 Å². The van der Waals surface area contributed by atoms with E-state index >= 15 is 0 Å². The number of carbonyl (C=O) groups excluding carboxylic acids is 3. The van der Waals surface area contributed by atoms with E-state index in [1.807, 2.05) is 0 Å². The number of rotatable bonds is 3. The summed E-state index contributed by atoms with van der Waals surface area (Å²) in [5.41, 5.74) is -0.0945. The summed E-state index contributed by atoms with van der Waals surface area (Å²) in [4.78, 5) is 38.6. The highest BCUT2D eigenvalue weighted by Gasteiger charge is 2.39. The number of nitrogens with zero attached hydrogens (tertiary/aromatic N) is 2. The number of amides is 3. The number of urea groups is 1. The van der Waals surface area contributed by atoms with Gasteiger partial charge < -0.3 is 4.74 Å². The molecule has 0 N–H and O–H groups in total. The number of esters is 1. The van der Waals surface area contributed by atoms with Gasteiger partial charge in [-0.1, -0.05) is 6.07 Å². The first-order valence-electron chi connectivity index (χ1n) is 5.39. The topological polar surface area (TPSA) is 76.0 Å². The molecule has 0 radical (unpaired) electrons. The Bertz CT molecular complexity index is 612. The first kappa shape index (κ1) is 13.8. The van der Waals surface area contributed by atoms with Gasteiger partial charge in [0.25, 0.3) is 5.91 Å². The molecule has 0 saturated heterocycles. The Kier molecular flexibility index (Phi) is 3.55. The summed E-state index contributed by atoms with van der Waals surface area (Å²) in [6.45, 7) is 0. The smallest absolute Gasteiger partial charge is 0.351 e. The molecule has 20 heavy (non-hydrogen) atoms. The Morgan fingerprint density at radius 3 is 2.50 bits per heavy atom. The fourth-order valence-electron chi connectivity index (χ4n) is 1.75. The van der Waals surface area contributed by atoms with Crippen LogP contribution in [0.5, 0.6) is 0 Å². The molecule has 1 aliphatic heterocycles. The van der Waals surface area contributed by atoms with E-state index in [9.17, 15) is 23.2 Å². The zero-order valence-electron chi connectivity index (χ0n) is 10.2. The SMILES string of the molecule is COC(=O)C(c1ccc(F)c(F)c1)N1C(=O)C=NC1=O. The number of halogens is 2. The van der Waals surface area contributed by atoms with Crippen LogP contribution in [0.2, 0.25) is 0 Å². The van der Waals surface area contributed by atoms with Crippen molar-refractivity contribution in [2.45, 2.75) is 6.04 Å². The molecule has 1 aliphatic rings. The van der Waals surface area contributed by atoms with Crippen molar-refractivity contribution in [1.29, 1.82) is 0 Å². The minimum absolute atomic E-state index is 0.0945. The van der Waals surface area contributed by atoms with Gasteiger partial charge in [0.05, 0.1) is 13.3 Å². The zero-order valence-corrected chi connectivity index (χ0v) is 10.2. The molecule has 104 valence electrons. The maximum absolute atomic E-state index is 13.2. The molecule has 3 amide bonds. The monoisotopic (exact) mass is 282 g/mol. The maximum atomic E-state index is 13.2. The lowest BCUT2D eigenvalue weighted by molar-refractivity contribution is -0.148. The number of benzene rings is 1. The normalized spacial score (nSPS) is 15.7. The molecule has 0 saturated carbocycles. The van der Waals surface area contributed by atoms with Crippen LogP contribution in [0.3, 0.4) is 0 Å². The van der Waals surface area contributed by atoms with Crippen LogP contribution in [-0.2, 0) is 14.3 Å². The van der Waals surface area contributed by atoms with Crippen LogP contribution >= 0.6 is 0 Å². The molecule has 0 aromatic heterocycles. The standard InChI is InChI=1S/C12H8F2N2O4/c1-20-11(18)10(16-9(17)5-15-12(16)19)6-2-3-7(13)8(14)4-6/h2-5,10H,1H3. The summed E-state index contributed by atoms with van der Waals surface area (Å²) in [6, 6.07) is 0.0917. The van der Waals surface area contributed by atoms with Crippen molar-refractivity contribution >= 4 is 24.1 Å². The van der Waals surface area contributed by atoms with Gasteiger partial charge in [-0.3, -0.25) is 4.79 Å². The van der Waals surface area contributed by atoms with E-state index in [4.69, 9.17) is 0 Å². The van der Waals surface area contributed by atoms with E-state index < -0.39 is 35.6 Å². The van der Waals surface area contributed by atoms with Gasteiger partial charge in [-0.2, -0.15) is 4.99 Å². The second kappa shape index (κ2) is 5.16. The van der Waals surface area contributed by atoms with Crippen molar-refractivity contribution in [3.63, 3.8) is 0 Å². The van der Waals surface area contributed by atoms with Crippen LogP contribution in [0.25, 0.3) is 0 Å². The molecular formula is C12H8F2N2O4. The van der Waals surface area contributed by atoms with Crippen molar-refractivity contribution < 1.29 is 27.9 Å². The van der Waals surface area contributed by atoms with Crippen molar-refractivity contribution in [3.8, 4) is 0 Å². The summed E-state index contributed by atoms with van der Waals surface area (Å²) in [7, 11) is 1.04. The van der Waals surface area contributed by atoms with Crippen molar-refractivity contribution in [2.24, 2.45) is 4.99 Å². The molecule has 1 heterocycles. The van der Waals surface area contributed by atoms with Gasteiger partial charge in [-0.15, -0.1) is 0 Å². The van der Waals surface area contributed by atoms with Crippen molar-refractivity contribution in [1.82, 2.24) is 4.90 Å². The first-order chi connectivity index (χ1) is 9.45. The molecule has 2 rings (SSSR count). The summed E-state index contributed by atoms with van der Waals surface area (Å²) in [6.07, 6.45) is 0.734. The van der Waals surface area contributed by atoms with Crippen LogP contribution in [0.15, 0.2) is 23.2 Å². The third-order valence-electron chi connectivity index (χ3n) is 2.67. The third kappa shape index (κ3) is 2.27. The van der Waals surface area contributed by atoms with Gasteiger partial charge in [0.15, 0.2) is 17.7 Å². The van der Waals surface area contributed by atoms with Crippen LogP contribution < -0.4 is 0 Å². The molecule has 6 nitrogen and oxygen atoms in total. The molecule has 1 aromatic carbocycles. The van der Waals surface area contributed by atoms with Crippen LogP contribution in [-0.4, -0.2) is 36.1 Å². The number of methoxy groups -OCH3 is 1.